The Morgan fingerprint density at radius 1 is 0.470 bits per heavy atom. The molecule has 0 aliphatic rings. The summed E-state index contributed by atoms with van der Waals surface area (Å²) in [5, 5.41) is 9.66. The van der Waals surface area contributed by atoms with Gasteiger partial charge in [0.1, 0.15) is 6.61 Å². The fourth-order valence-corrected chi connectivity index (χ4v) is 7.44. The maximum absolute atomic E-state index is 12.8. The first-order valence-corrected chi connectivity index (χ1v) is 26.6. The number of quaternary nitrogens is 1. The Labute approximate surface area is 405 Å². The van der Waals surface area contributed by atoms with Crippen molar-refractivity contribution in [1.82, 2.24) is 0 Å². The third kappa shape index (κ3) is 45.7. The van der Waals surface area contributed by atoms with Crippen molar-refractivity contribution in [2.24, 2.45) is 0 Å². The van der Waals surface area contributed by atoms with Crippen LogP contribution in [0.15, 0.2) is 85.1 Å². The zero-order valence-electron chi connectivity index (χ0n) is 43.1. The maximum Gasteiger partial charge on any atom is 0.362 e. The van der Waals surface area contributed by atoms with Crippen molar-refractivity contribution in [1.29, 1.82) is 0 Å². The highest BCUT2D eigenvalue weighted by molar-refractivity contribution is 5.72. The van der Waals surface area contributed by atoms with E-state index in [1.807, 2.05) is 21.1 Å². The van der Waals surface area contributed by atoms with Crippen LogP contribution in [0.2, 0.25) is 0 Å². The minimum atomic E-state index is -0.883. The summed E-state index contributed by atoms with van der Waals surface area (Å²) < 4.78 is 17.3. The van der Waals surface area contributed by atoms with E-state index in [4.69, 9.17) is 14.2 Å². The van der Waals surface area contributed by atoms with E-state index in [2.05, 4.69) is 98.9 Å². The van der Waals surface area contributed by atoms with E-state index >= 15 is 0 Å². The number of hydrogen-bond acceptors (Lipinski definition) is 6. The van der Waals surface area contributed by atoms with Gasteiger partial charge in [-0.15, -0.1) is 0 Å². The Hall–Kier alpha value is -3.49. The van der Waals surface area contributed by atoms with Gasteiger partial charge in [0.2, 0.25) is 0 Å². The summed E-state index contributed by atoms with van der Waals surface area (Å²) in [6, 6.07) is -0.626. The van der Waals surface area contributed by atoms with E-state index in [1.54, 1.807) is 0 Å². The first-order valence-electron chi connectivity index (χ1n) is 26.6. The molecular weight excluding hydrogens is 823 g/mol. The van der Waals surface area contributed by atoms with Gasteiger partial charge in [-0.2, -0.15) is 0 Å². The second kappa shape index (κ2) is 48.0. The summed E-state index contributed by atoms with van der Waals surface area (Å²) in [6.07, 6.45) is 63.5. The SMILES string of the molecule is CC/C=C\C/C=C\C/C=C\C/C=C\C/C=C\CCCCCC(=O)OC(COCCC(C(=O)O)[N+](C)(C)C)COC(=O)CCCCCCCCCCCCC/C=C\C/C=C\CCCCCCC. The zero-order chi connectivity index (χ0) is 48.4. The van der Waals surface area contributed by atoms with Crippen LogP contribution in [0.3, 0.4) is 0 Å². The Morgan fingerprint density at radius 3 is 1.27 bits per heavy atom. The molecule has 0 saturated heterocycles. The van der Waals surface area contributed by atoms with Crippen LogP contribution in [0.1, 0.15) is 213 Å². The number of ether oxygens (including phenoxy) is 3. The summed E-state index contributed by atoms with van der Waals surface area (Å²) in [5.74, 6) is -1.51. The fraction of sp³-hybridized carbons (Fsp3) is 0.707. The summed E-state index contributed by atoms with van der Waals surface area (Å²) in [4.78, 5) is 37.2. The molecule has 8 nitrogen and oxygen atoms in total. The molecule has 0 bridgehead atoms. The van der Waals surface area contributed by atoms with Gasteiger partial charge >= 0.3 is 17.9 Å². The Kier molecular flexibility index (Phi) is 45.4. The molecule has 8 heteroatoms. The van der Waals surface area contributed by atoms with Gasteiger partial charge in [-0.1, -0.05) is 189 Å². The van der Waals surface area contributed by atoms with Gasteiger partial charge in [-0.25, -0.2) is 4.79 Å². The van der Waals surface area contributed by atoms with Crippen molar-refractivity contribution in [2.45, 2.75) is 225 Å². The lowest BCUT2D eigenvalue weighted by Crippen LogP contribution is -2.50. The lowest BCUT2D eigenvalue weighted by molar-refractivity contribution is -0.887. The largest absolute Gasteiger partial charge is 0.477 e. The zero-order valence-corrected chi connectivity index (χ0v) is 43.1. The van der Waals surface area contributed by atoms with Crippen molar-refractivity contribution in [3.8, 4) is 0 Å². The van der Waals surface area contributed by atoms with Crippen LogP contribution in [-0.2, 0) is 28.6 Å². The Bertz CT molecular complexity index is 1350. The molecule has 0 amide bonds. The molecule has 0 rings (SSSR count). The lowest BCUT2D eigenvalue weighted by atomic mass is 10.0. The quantitative estimate of drug-likeness (QED) is 0.0281. The van der Waals surface area contributed by atoms with Crippen LogP contribution in [-0.4, -0.2) is 80.6 Å². The fourth-order valence-electron chi connectivity index (χ4n) is 7.44. The summed E-state index contributed by atoms with van der Waals surface area (Å²) in [5.41, 5.74) is 0. The van der Waals surface area contributed by atoms with Crippen LogP contribution >= 0.6 is 0 Å². The highest BCUT2D eigenvalue weighted by atomic mass is 16.6. The van der Waals surface area contributed by atoms with Gasteiger partial charge in [0.15, 0.2) is 12.1 Å². The highest BCUT2D eigenvalue weighted by Gasteiger charge is 2.31. The van der Waals surface area contributed by atoms with E-state index in [-0.39, 0.29) is 42.7 Å². The summed E-state index contributed by atoms with van der Waals surface area (Å²) >= 11 is 0. The molecule has 0 aromatic heterocycles. The number of carbonyl (C=O) groups excluding carboxylic acids is 2. The van der Waals surface area contributed by atoms with Crippen LogP contribution in [0.4, 0.5) is 0 Å². The average molecular weight is 923 g/mol. The minimum Gasteiger partial charge on any atom is -0.477 e. The van der Waals surface area contributed by atoms with Gasteiger partial charge in [0.25, 0.3) is 0 Å². The third-order valence-electron chi connectivity index (χ3n) is 11.5. The number of hydrogen-bond donors (Lipinski definition) is 1. The van der Waals surface area contributed by atoms with E-state index in [0.29, 0.717) is 12.8 Å². The van der Waals surface area contributed by atoms with Crippen LogP contribution in [0.25, 0.3) is 0 Å². The number of carboxylic acids is 1. The number of rotatable bonds is 47. The third-order valence-corrected chi connectivity index (χ3v) is 11.5. The number of aliphatic carboxylic acids is 1. The van der Waals surface area contributed by atoms with Gasteiger partial charge < -0.3 is 23.8 Å². The standard InChI is InChI=1S/C58H99NO7/c1-6-8-10-12-14-16-18-20-22-24-26-27-28-29-31-32-34-36-38-40-42-44-46-48-56(60)65-53-54(52-64-51-50-55(58(62)63)59(3,4)5)66-57(61)49-47-45-43-41-39-37-35-33-30-25-23-21-19-17-15-13-11-9-7-2/h9,11,15,17-18,20-21,23-24,26,30,33,37,39,54-55H,6-8,10,12-14,16,19,22,25,27-29,31-32,34-36,38,40-53H2,1-5H3/p+1/b11-9-,17-15-,20-18-,23-21-,26-24-,33-30-,39-37-. The lowest BCUT2D eigenvalue weighted by Gasteiger charge is -2.31. The van der Waals surface area contributed by atoms with Gasteiger partial charge in [0.05, 0.1) is 34.4 Å². The molecule has 1 N–H and O–H groups in total. The molecule has 0 heterocycles. The first-order chi connectivity index (χ1) is 32.1. The molecule has 2 unspecified atom stereocenters. The first kappa shape index (κ1) is 62.5. The van der Waals surface area contributed by atoms with Crippen molar-refractivity contribution in [3.05, 3.63) is 85.1 Å². The van der Waals surface area contributed by atoms with Crippen molar-refractivity contribution in [2.75, 3.05) is 41.0 Å². The number of esters is 2. The summed E-state index contributed by atoms with van der Waals surface area (Å²) in [7, 11) is 5.52. The number of carbonyl (C=O) groups is 3. The topological polar surface area (TPSA) is 99.1 Å². The molecule has 0 aliphatic carbocycles. The second-order valence-electron chi connectivity index (χ2n) is 18.7. The Balaban J connectivity index is 4.28. The monoisotopic (exact) mass is 923 g/mol. The molecule has 0 aliphatic heterocycles. The van der Waals surface area contributed by atoms with E-state index in [9.17, 15) is 19.5 Å². The van der Waals surface area contributed by atoms with Gasteiger partial charge in [-0.05, 0) is 89.9 Å². The van der Waals surface area contributed by atoms with E-state index in [1.165, 1.54) is 96.3 Å². The number of allylic oxidation sites excluding steroid dienone is 14. The van der Waals surface area contributed by atoms with Crippen molar-refractivity contribution < 1.29 is 38.2 Å². The molecule has 0 aromatic carbocycles. The van der Waals surface area contributed by atoms with Crippen LogP contribution in [0.5, 0.6) is 0 Å². The molecule has 66 heavy (non-hydrogen) atoms. The van der Waals surface area contributed by atoms with Crippen LogP contribution < -0.4 is 0 Å². The molecule has 0 fully saturated rings. The van der Waals surface area contributed by atoms with Crippen molar-refractivity contribution >= 4 is 17.9 Å². The average Bonchev–Trinajstić information content (AvgIpc) is 3.28. The number of nitrogens with zero attached hydrogens (tertiary/aromatic N) is 1. The van der Waals surface area contributed by atoms with Crippen LogP contribution in [0, 0.1) is 0 Å². The molecule has 0 spiro atoms. The van der Waals surface area contributed by atoms with Gasteiger partial charge in [0, 0.05) is 19.3 Å². The smallest absolute Gasteiger partial charge is 0.362 e. The normalized spacial score (nSPS) is 13.5. The molecular formula is C58H100NO7+. The van der Waals surface area contributed by atoms with E-state index in [0.717, 1.165) is 83.5 Å². The number of unbranched alkanes of at least 4 members (excludes halogenated alkanes) is 19. The molecule has 0 aromatic rings. The predicted octanol–water partition coefficient (Wildman–Crippen LogP) is 15.6. The maximum atomic E-state index is 12.8. The molecule has 0 saturated carbocycles. The number of carboxylic acid groups (broad SMARTS) is 1. The van der Waals surface area contributed by atoms with E-state index < -0.39 is 18.1 Å². The van der Waals surface area contributed by atoms with Crippen molar-refractivity contribution in [3.63, 3.8) is 0 Å². The predicted molar refractivity (Wildman–Crippen MR) is 280 cm³/mol. The highest BCUT2D eigenvalue weighted by Crippen LogP contribution is 2.15. The summed E-state index contributed by atoms with van der Waals surface area (Å²) in [6.45, 7) is 4.58. The molecule has 2 atom stereocenters. The molecule has 0 radical (unpaired) electrons. The Morgan fingerprint density at radius 2 is 0.848 bits per heavy atom. The second-order valence-corrected chi connectivity index (χ2v) is 18.7. The molecule has 378 valence electrons. The minimum absolute atomic E-state index is 0.0430. The number of likely N-dealkylation sites (N-methyl/N-ethyl adjacent to an activating group) is 1. The van der Waals surface area contributed by atoms with Gasteiger partial charge in [-0.3, -0.25) is 9.59 Å².